The van der Waals surface area contributed by atoms with Crippen molar-refractivity contribution in [3.05, 3.63) is 59.7 Å². The van der Waals surface area contributed by atoms with E-state index in [0.29, 0.717) is 17.9 Å². The number of fused-ring (bicyclic) bond motifs is 1. The van der Waals surface area contributed by atoms with E-state index in [2.05, 4.69) is 13.0 Å². The molecule has 0 aromatic heterocycles. The molecule has 0 spiro atoms. The molecule has 3 heteroatoms. The van der Waals surface area contributed by atoms with Crippen molar-refractivity contribution in [2.75, 3.05) is 18.1 Å². The number of amides is 1. The normalized spacial score (nSPS) is 13.1. The standard InChI is InChI=1S/C18H19NO2/c1-2-13-21-17-10-6-4-8-15(17)18(20)19-12-11-14-7-3-5-9-16(14)19/h3-10H,2,11-13H2,1H3. The van der Waals surface area contributed by atoms with Crippen LogP contribution < -0.4 is 9.64 Å². The molecule has 1 amide bonds. The lowest BCUT2D eigenvalue weighted by Gasteiger charge is -2.19. The van der Waals surface area contributed by atoms with Crippen LogP contribution in [0.5, 0.6) is 5.75 Å². The van der Waals surface area contributed by atoms with Crippen LogP contribution in [0, 0.1) is 0 Å². The van der Waals surface area contributed by atoms with Crippen molar-refractivity contribution in [1.29, 1.82) is 0 Å². The van der Waals surface area contributed by atoms with Crippen LogP contribution in [0.1, 0.15) is 29.3 Å². The minimum Gasteiger partial charge on any atom is -0.493 e. The largest absolute Gasteiger partial charge is 0.493 e. The first kappa shape index (κ1) is 13.7. The monoisotopic (exact) mass is 281 g/mol. The number of benzene rings is 2. The average molecular weight is 281 g/mol. The maximum atomic E-state index is 12.8. The molecule has 0 saturated carbocycles. The van der Waals surface area contributed by atoms with Gasteiger partial charge in [0.05, 0.1) is 12.2 Å². The highest BCUT2D eigenvalue weighted by molar-refractivity contribution is 6.08. The molecule has 108 valence electrons. The highest BCUT2D eigenvalue weighted by atomic mass is 16.5. The quantitative estimate of drug-likeness (QED) is 0.855. The molecule has 0 fully saturated rings. The zero-order valence-electron chi connectivity index (χ0n) is 12.2. The summed E-state index contributed by atoms with van der Waals surface area (Å²) in [5, 5.41) is 0. The van der Waals surface area contributed by atoms with Crippen LogP contribution in [0.3, 0.4) is 0 Å². The van der Waals surface area contributed by atoms with E-state index < -0.39 is 0 Å². The Morgan fingerprint density at radius 2 is 1.90 bits per heavy atom. The summed E-state index contributed by atoms with van der Waals surface area (Å²) in [5.74, 6) is 0.695. The van der Waals surface area contributed by atoms with Crippen molar-refractivity contribution in [3.8, 4) is 5.75 Å². The molecular formula is C18H19NO2. The van der Waals surface area contributed by atoms with Gasteiger partial charge in [-0.3, -0.25) is 4.79 Å². The van der Waals surface area contributed by atoms with Crippen molar-refractivity contribution in [1.82, 2.24) is 0 Å². The first-order chi connectivity index (χ1) is 10.3. The van der Waals surface area contributed by atoms with Crippen molar-refractivity contribution in [2.24, 2.45) is 0 Å². The molecule has 1 aliphatic heterocycles. The molecular weight excluding hydrogens is 262 g/mol. The summed E-state index contributed by atoms with van der Waals surface area (Å²) in [6, 6.07) is 15.6. The van der Waals surface area contributed by atoms with Gasteiger partial charge in [0.15, 0.2) is 0 Å². The summed E-state index contributed by atoms with van der Waals surface area (Å²) in [5.41, 5.74) is 2.90. The van der Waals surface area contributed by atoms with E-state index in [0.717, 1.165) is 25.1 Å². The maximum Gasteiger partial charge on any atom is 0.262 e. The second-order valence-electron chi connectivity index (χ2n) is 5.18. The second-order valence-corrected chi connectivity index (χ2v) is 5.18. The van der Waals surface area contributed by atoms with Crippen molar-refractivity contribution in [3.63, 3.8) is 0 Å². The van der Waals surface area contributed by atoms with Crippen LogP contribution in [-0.2, 0) is 6.42 Å². The van der Waals surface area contributed by atoms with E-state index in [1.165, 1.54) is 5.56 Å². The molecule has 2 aromatic rings. The Kier molecular flexibility index (Phi) is 3.91. The predicted octanol–water partition coefficient (Wildman–Crippen LogP) is 3.68. The molecule has 0 saturated heterocycles. The first-order valence-corrected chi connectivity index (χ1v) is 7.43. The van der Waals surface area contributed by atoms with Crippen LogP contribution in [0.4, 0.5) is 5.69 Å². The molecule has 0 bridgehead atoms. The van der Waals surface area contributed by atoms with Crippen LogP contribution in [0.2, 0.25) is 0 Å². The molecule has 2 aromatic carbocycles. The van der Waals surface area contributed by atoms with Gasteiger partial charge >= 0.3 is 0 Å². The Bertz CT molecular complexity index is 651. The van der Waals surface area contributed by atoms with Gasteiger partial charge in [-0.05, 0) is 36.6 Å². The van der Waals surface area contributed by atoms with Gasteiger partial charge in [-0.15, -0.1) is 0 Å². The number of ether oxygens (including phenoxy) is 1. The van der Waals surface area contributed by atoms with Crippen molar-refractivity contribution >= 4 is 11.6 Å². The smallest absolute Gasteiger partial charge is 0.262 e. The SMILES string of the molecule is CCCOc1ccccc1C(=O)N1CCc2ccccc21. The number of para-hydroxylation sites is 2. The molecule has 1 aliphatic rings. The third-order valence-corrected chi connectivity index (χ3v) is 3.71. The molecule has 3 nitrogen and oxygen atoms in total. The third-order valence-electron chi connectivity index (χ3n) is 3.71. The van der Waals surface area contributed by atoms with Crippen LogP contribution >= 0.6 is 0 Å². The van der Waals surface area contributed by atoms with E-state index >= 15 is 0 Å². The molecule has 0 radical (unpaired) electrons. The Balaban J connectivity index is 1.90. The van der Waals surface area contributed by atoms with E-state index in [9.17, 15) is 4.79 Å². The summed E-state index contributed by atoms with van der Waals surface area (Å²) in [6.45, 7) is 3.42. The van der Waals surface area contributed by atoms with E-state index in [4.69, 9.17) is 4.74 Å². The summed E-state index contributed by atoms with van der Waals surface area (Å²) in [7, 11) is 0. The number of rotatable bonds is 4. The van der Waals surface area contributed by atoms with Gasteiger partial charge in [0.25, 0.3) is 5.91 Å². The zero-order valence-corrected chi connectivity index (χ0v) is 12.2. The van der Waals surface area contributed by atoms with Gasteiger partial charge in [0.2, 0.25) is 0 Å². The number of anilines is 1. The number of hydrogen-bond acceptors (Lipinski definition) is 2. The highest BCUT2D eigenvalue weighted by Crippen LogP contribution is 2.30. The first-order valence-electron chi connectivity index (χ1n) is 7.43. The lowest BCUT2D eigenvalue weighted by atomic mass is 10.1. The minimum atomic E-state index is 0.0200. The van der Waals surface area contributed by atoms with Crippen LogP contribution in [-0.4, -0.2) is 19.1 Å². The molecule has 1 heterocycles. The van der Waals surface area contributed by atoms with Crippen LogP contribution in [0.25, 0.3) is 0 Å². The fraction of sp³-hybridized carbons (Fsp3) is 0.278. The van der Waals surface area contributed by atoms with Gasteiger partial charge < -0.3 is 9.64 Å². The maximum absolute atomic E-state index is 12.8. The van der Waals surface area contributed by atoms with Gasteiger partial charge in [0.1, 0.15) is 5.75 Å². The second kappa shape index (κ2) is 6.00. The fourth-order valence-electron chi connectivity index (χ4n) is 2.68. The Hall–Kier alpha value is -2.29. The summed E-state index contributed by atoms with van der Waals surface area (Å²) in [6.07, 6.45) is 1.84. The van der Waals surface area contributed by atoms with Gasteiger partial charge in [0, 0.05) is 12.2 Å². The summed E-state index contributed by atoms with van der Waals surface area (Å²) in [4.78, 5) is 14.7. The predicted molar refractivity (Wildman–Crippen MR) is 84.1 cm³/mol. The number of carbonyl (C=O) groups is 1. The molecule has 0 N–H and O–H groups in total. The topological polar surface area (TPSA) is 29.5 Å². The fourth-order valence-corrected chi connectivity index (χ4v) is 2.68. The highest BCUT2D eigenvalue weighted by Gasteiger charge is 2.26. The third kappa shape index (κ3) is 2.64. The van der Waals surface area contributed by atoms with Gasteiger partial charge in [-0.2, -0.15) is 0 Å². The molecule has 0 unspecified atom stereocenters. The van der Waals surface area contributed by atoms with Crippen molar-refractivity contribution in [2.45, 2.75) is 19.8 Å². The Morgan fingerprint density at radius 3 is 2.76 bits per heavy atom. The van der Waals surface area contributed by atoms with Crippen molar-refractivity contribution < 1.29 is 9.53 Å². The zero-order chi connectivity index (χ0) is 14.7. The average Bonchev–Trinajstić information content (AvgIpc) is 2.96. The number of hydrogen-bond donors (Lipinski definition) is 0. The molecule has 3 rings (SSSR count). The Labute approximate surface area is 125 Å². The molecule has 21 heavy (non-hydrogen) atoms. The summed E-state index contributed by atoms with van der Waals surface area (Å²) < 4.78 is 5.71. The lowest BCUT2D eigenvalue weighted by Crippen LogP contribution is -2.29. The molecule has 0 aliphatic carbocycles. The minimum absolute atomic E-state index is 0.0200. The summed E-state index contributed by atoms with van der Waals surface area (Å²) >= 11 is 0. The van der Waals surface area contributed by atoms with Gasteiger partial charge in [-0.25, -0.2) is 0 Å². The number of nitrogens with zero attached hydrogens (tertiary/aromatic N) is 1. The lowest BCUT2D eigenvalue weighted by molar-refractivity contribution is 0.0985. The van der Waals surface area contributed by atoms with E-state index in [-0.39, 0.29) is 5.91 Å². The van der Waals surface area contributed by atoms with E-state index in [1.807, 2.05) is 47.4 Å². The Morgan fingerprint density at radius 1 is 1.14 bits per heavy atom. The number of carbonyl (C=O) groups excluding carboxylic acids is 1. The van der Waals surface area contributed by atoms with E-state index in [1.54, 1.807) is 0 Å². The van der Waals surface area contributed by atoms with Gasteiger partial charge in [-0.1, -0.05) is 37.3 Å². The van der Waals surface area contributed by atoms with Crippen LogP contribution in [0.15, 0.2) is 48.5 Å². The molecule has 0 atom stereocenters.